The van der Waals surface area contributed by atoms with Gasteiger partial charge in [-0.3, -0.25) is 9.79 Å². The minimum atomic E-state index is -3.09. The van der Waals surface area contributed by atoms with Gasteiger partial charge >= 0.3 is 0 Å². The first-order valence-electron chi connectivity index (χ1n) is 8.71. The van der Waals surface area contributed by atoms with Crippen LogP contribution in [0, 0.1) is 5.82 Å². The van der Waals surface area contributed by atoms with Crippen LogP contribution in [0.4, 0.5) is 18.9 Å². The van der Waals surface area contributed by atoms with E-state index in [1.54, 1.807) is 0 Å². The number of amides is 1. The van der Waals surface area contributed by atoms with Crippen LogP contribution in [0.25, 0.3) is 0 Å². The first-order valence-corrected chi connectivity index (χ1v) is 9.09. The zero-order valence-corrected chi connectivity index (χ0v) is 16.5. The standard InChI is InChI=1S/C19H18ClF3N4O3/c1-29-7-10-4-11(20)6-25-16(10)17(28)26-12-2-3-14(21)13(5-12)19(18(22)23)9-30-8-15(24)27-19/h2-6,18H,7-9H2,1H3,(H2,24,27)(H,26,28). The number of nitrogens with two attached hydrogens (primary N) is 1. The lowest BCUT2D eigenvalue weighted by Gasteiger charge is -2.33. The number of rotatable bonds is 6. The quantitative estimate of drug-likeness (QED) is 0.716. The van der Waals surface area contributed by atoms with Crippen molar-refractivity contribution < 1.29 is 27.4 Å². The predicted molar refractivity (Wildman–Crippen MR) is 104 cm³/mol. The van der Waals surface area contributed by atoms with E-state index < -0.39 is 35.9 Å². The summed E-state index contributed by atoms with van der Waals surface area (Å²) in [4.78, 5) is 20.5. The number of amidine groups is 1. The molecule has 2 aromatic rings. The number of ether oxygens (including phenoxy) is 2. The molecule has 0 saturated carbocycles. The molecule has 1 aliphatic heterocycles. The van der Waals surface area contributed by atoms with Gasteiger partial charge in [-0.05, 0) is 24.3 Å². The van der Waals surface area contributed by atoms with Crippen molar-refractivity contribution in [1.29, 1.82) is 0 Å². The number of hydrogen-bond donors (Lipinski definition) is 2. The maximum Gasteiger partial charge on any atom is 0.274 e. The average Bonchev–Trinajstić information content (AvgIpc) is 2.69. The van der Waals surface area contributed by atoms with E-state index in [0.29, 0.717) is 10.6 Å². The lowest BCUT2D eigenvalue weighted by Crippen LogP contribution is -2.45. The maximum atomic E-state index is 14.5. The van der Waals surface area contributed by atoms with Crippen LogP contribution in [0.1, 0.15) is 21.6 Å². The number of halogens is 4. The highest BCUT2D eigenvalue weighted by molar-refractivity contribution is 6.30. The normalized spacial score (nSPS) is 18.9. The van der Waals surface area contributed by atoms with Gasteiger partial charge < -0.3 is 20.5 Å². The van der Waals surface area contributed by atoms with Crippen LogP contribution in [0.5, 0.6) is 0 Å². The Hall–Kier alpha value is -2.69. The maximum absolute atomic E-state index is 14.5. The van der Waals surface area contributed by atoms with Gasteiger partial charge in [-0.2, -0.15) is 0 Å². The number of benzene rings is 1. The van der Waals surface area contributed by atoms with Crippen molar-refractivity contribution >= 4 is 29.0 Å². The van der Waals surface area contributed by atoms with Crippen LogP contribution < -0.4 is 11.1 Å². The summed E-state index contributed by atoms with van der Waals surface area (Å²) >= 11 is 5.90. The van der Waals surface area contributed by atoms with E-state index in [2.05, 4.69) is 15.3 Å². The van der Waals surface area contributed by atoms with Crippen molar-refractivity contribution in [2.75, 3.05) is 25.6 Å². The highest BCUT2D eigenvalue weighted by Gasteiger charge is 2.46. The third-order valence-corrected chi connectivity index (χ3v) is 4.62. The zero-order valence-electron chi connectivity index (χ0n) is 15.8. The summed E-state index contributed by atoms with van der Waals surface area (Å²) in [6.45, 7) is -0.613. The second-order valence-electron chi connectivity index (χ2n) is 6.56. The molecule has 0 aliphatic carbocycles. The largest absolute Gasteiger partial charge is 0.385 e. The molecule has 1 aromatic heterocycles. The third-order valence-electron chi connectivity index (χ3n) is 4.41. The monoisotopic (exact) mass is 442 g/mol. The van der Waals surface area contributed by atoms with Gasteiger partial charge in [0.25, 0.3) is 12.3 Å². The Bertz CT molecular complexity index is 989. The summed E-state index contributed by atoms with van der Waals surface area (Å²) in [6.07, 6.45) is -1.81. The van der Waals surface area contributed by atoms with E-state index in [0.717, 1.165) is 12.1 Å². The van der Waals surface area contributed by atoms with Crippen LogP contribution in [-0.2, 0) is 21.6 Å². The van der Waals surface area contributed by atoms with E-state index in [1.807, 2.05) is 0 Å². The van der Waals surface area contributed by atoms with Gasteiger partial charge in [-0.25, -0.2) is 18.2 Å². The Balaban J connectivity index is 1.96. The smallest absolute Gasteiger partial charge is 0.274 e. The van der Waals surface area contributed by atoms with Crippen LogP contribution in [0.15, 0.2) is 35.5 Å². The third kappa shape index (κ3) is 4.40. The average molecular weight is 443 g/mol. The van der Waals surface area contributed by atoms with Crippen LogP contribution in [0.3, 0.4) is 0 Å². The molecule has 1 aromatic carbocycles. The van der Waals surface area contributed by atoms with Crippen molar-refractivity contribution in [3.05, 3.63) is 58.1 Å². The molecule has 0 bridgehead atoms. The molecule has 1 aliphatic rings. The number of carbonyl (C=O) groups is 1. The number of aliphatic imine (C=N–C) groups is 1. The lowest BCUT2D eigenvalue weighted by atomic mass is 9.90. The topological polar surface area (TPSA) is 98.8 Å². The van der Waals surface area contributed by atoms with Gasteiger partial charge in [-0.1, -0.05) is 11.6 Å². The summed E-state index contributed by atoms with van der Waals surface area (Å²) in [5.74, 6) is -1.75. The fourth-order valence-electron chi connectivity index (χ4n) is 3.08. The van der Waals surface area contributed by atoms with E-state index in [9.17, 15) is 18.0 Å². The van der Waals surface area contributed by atoms with Gasteiger partial charge in [0.15, 0.2) is 5.54 Å². The first kappa shape index (κ1) is 22.0. The first-order chi connectivity index (χ1) is 14.3. The Morgan fingerprint density at radius 1 is 1.43 bits per heavy atom. The molecular weight excluding hydrogens is 425 g/mol. The summed E-state index contributed by atoms with van der Waals surface area (Å²) in [5.41, 5.74) is 3.31. The van der Waals surface area contributed by atoms with Crippen molar-refractivity contribution in [1.82, 2.24) is 4.98 Å². The van der Waals surface area contributed by atoms with E-state index in [4.69, 9.17) is 26.8 Å². The SMILES string of the molecule is COCc1cc(Cl)cnc1C(=O)Nc1ccc(F)c(C2(C(F)F)COCC(N)=N2)c1. The minimum Gasteiger partial charge on any atom is -0.385 e. The number of carbonyl (C=O) groups excluding carboxylic acids is 1. The van der Waals surface area contributed by atoms with Crippen molar-refractivity contribution in [3.8, 4) is 0 Å². The van der Waals surface area contributed by atoms with Crippen LogP contribution >= 0.6 is 11.6 Å². The Labute approximate surface area is 175 Å². The molecule has 1 amide bonds. The van der Waals surface area contributed by atoms with Crippen molar-refractivity contribution in [2.45, 2.75) is 18.6 Å². The van der Waals surface area contributed by atoms with Gasteiger partial charge in [0.05, 0.1) is 18.2 Å². The zero-order chi connectivity index (χ0) is 21.9. The molecule has 0 saturated heterocycles. The molecule has 7 nitrogen and oxygen atoms in total. The van der Waals surface area contributed by atoms with Crippen LogP contribution in [-0.4, -0.2) is 43.5 Å². The Kier molecular flexibility index (Phi) is 6.59. The predicted octanol–water partition coefficient (Wildman–Crippen LogP) is 3.12. The van der Waals surface area contributed by atoms with Crippen LogP contribution in [0.2, 0.25) is 5.02 Å². The van der Waals surface area contributed by atoms with Gasteiger partial charge in [0.2, 0.25) is 0 Å². The number of pyridine rings is 1. The number of nitrogens with one attached hydrogen (secondary N) is 1. The molecule has 30 heavy (non-hydrogen) atoms. The number of hydrogen-bond acceptors (Lipinski definition) is 6. The molecule has 1 atom stereocenters. The summed E-state index contributed by atoms with van der Waals surface area (Å²) in [5, 5.41) is 2.83. The molecular formula is C19H18ClF3N4O3. The highest BCUT2D eigenvalue weighted by atomic mass is 35.5. The number of alkyl halides is 2. The van der Waals surface area contributed by atoms with Gasteiger partial charge in [0.1, 0.15) is 24.0 Å². The molecule has 0 fully saturated rings. The number of nitrogens with zero attached hydrogens (tertiary/aromatic N) is 2. The molecule has 1 unspecified atom stereocenters. The Morgan fingerprint density at radius 3 is 2.87 bits per heavy atom. The van der Waals surface area contributed by atoms with Crippen molar-refractivity contribution in [3.63, 3.8) is 0 Å². The van der Waals surface area contributed by atoms with Gasteiger partial charge in [0, 0.05) is 30.1 Å². The Morgan fingerprint density at radius 2 is 2.20 bits per heavy atom. The molecule has 3 N–H and O–H groups in total. The molecule has 0 radical (unpaired) electrons. The van der Waals surface area contributed by atoms with Gasteiger partial charge in [-0.15, -0.1) is 0 Å². The summed E-state index contributed by atoms with van der Waals surface area (Å²) in [7, 11) is 1.44. The van der Waals surface area contributed by atoms with E-state index in [1.165, 1.54) is 25.4 Å². The minimum absolute atomic E-state index is 0.0268. The fourth-order valence-corrected chi connectivity index (χ4v) is 3.26. The second kappa shape index (κ2) is 8.99. The number of anilines is 1. The van der Waals surface area contributed by atoms with E-state index in [-0.39, 0.29) is 30.4 Å². The number of aromatic nitrogens is 1. The molecule has 160 valence electrons. The molecule has 0 spiro atoms. The molecule has 2 heterocycles. The highest BCUT2D eigenvalue weighted by Crippen LogP contribution is 2.38. The summed E-state index contributed by atoms with van der Waals surface area (Å²) in [6, 6.07) is 4.79. The lowest BCUT2D eigenvalue weighted by molar-refractivity contribution is -0.0145. The fraction of sp³-hybridized carbons (Fsp3) is 0.316. The molecule has 3 rings (SSSR count). The van der Waals surface area contributed by atoms with E-state index >= 15 is 0 Å². The number of methoxy groups -OCH3 is 1. The van der Waals surface area contributed by atoms with Crippen molar-refractivity contribution in [2.24, 2.45) is 10.7 Å². The summed E-state index contributed by atoms with van der Waals surface area (Å²) < 4.78 is 52.5. The second-order valence-corrected chi connectivity index (χ2v) is 7.00. The molecule has 11 heteroatoms.